The number of benzene rings is 3. The quantitative estimate of drug-likeness (QED) is 0.322. The summed E-state index contributed by atoms with van der Waals surface area (Å²) in [6.07, 6.45) is 1.90. The maximum atomic E-state index is 6.10. The molecule has 3 aromatic carbocycles. The SMILES string of the molecule is Cc1ccc2ncc3c(-c4ccc(Cl)cc4)nn(-c4ccc(Cl)cc4)c3c2c1. The van der Waals surface area contributed by atoms with Crippen LogP contribution >= 0.6 is 23.2 Å². The average Bonchev–Trinajstić information content (AvgIpc) is 3.09. The third-order valence-electron chi connectivity index (χ3n) is 4.85. The second-order valence-electron chi connectivity index (χ2n) is 6.78. The van der Waals surface area contributed by atoms with Crippen molar-refractivity contribution in [1.82, 2.24) is 14.8 Å². The van der Waals surface area contributed by atoms with E-state index >= 15 is 0 Å². The van der Waals surface area contributed by atoms with Crippen LogP contribution in [-0.4, -0.2) is 14.8 Å². The van der Waals surface area contributed by atoms with Crippen molar-refractivity contribution in [2.24, 2.45) is 0 Å². The van der Waals surface area contributed by atoms with Gasteiger partial charge in [-0.15, -0.1) is 0 Å². The first-order valence-electron chi connectivity index (χ1n) is 8.90. The summed E-state index contributed by atoms with van der Waals surface area (Å²) in [5.74, 6) is 0. The van der Waals surface area contributed by atoms with E-state index in [2.05, 4.69) is 24.0 Å². The van der Waals surface area contributed by atoms with E-state index in [4.69, 9.17) is 28.3 Å². The Balaban J connectivity index is 1.90. The lowest BCUT2D eigenvalue weighted by molar-refractivity contribution is 0.918. The van der Waals surface area contributed by atoms with E-state index in [0.717, 1.165) is 38.8 Å². The number of halogens is 2. The van der Waals surface area contributed by atoms with Crippen molar-refractivity contribution in [3.63, 3.8) is 0 Å². The van der Waals surface area contributed by atoms with E-state index < -0.39 is 0 Å². The van der Waals surface area contributed by atoms with Gasteiger partial charge in [0.05, 0.1) is 16.7 Å². The fourth-order valence-corrected chi connectivity index (χ4v) is 3.74. The molecule has 0 aliphatic carbocycles. The lowest BCUT2D eigenvalue weighted by Crippen LogP contribution is -1.97. The molecule has 5 heteroatoms. The fraction of sp³-hybridized carbons (Fsp3) is 0.0435. The van der Waals surface area contributed by atoms with Crippen molar-refractivity contribution in [3.05, 3.63) is 88.5 Å². The van der Waals surface area contributed by atoms with Crippen molar-refractivity contribution in [1.29, 1.82) is 0 Å². The monoisotopic (exact) mass is 403 g/mol. The smallest absolute Gasteiger partial charge is 0.102 e. The van der Waals surface area contributed by atoms with Crippen molar-refractivity contribution < 1.29 is 0 Å². The zero-order chi connectivity index (χ0) is 19.3. The summed E-state index contributed by atoms with van der Waals surface area (Å²) in [6.45, 7) is 2.08. The van der Waals surface area contributed by atoms with Crippen LogP contribution in [0, 0.1) is 6.92 Å². The molecule has 0 aliphatic heterocycles. The topological polar surface area (TPSA) is 30.7 Å². The maximum Gasteiger partial charge on any atom is 0.102 e. The van der Waals surface area contributed by atoms with Crippen LogP contribution < -0.4 is 0 Å². The molecule has 136 valence electrons. The summed E-state index contributed by atoms with van der Waals surface area (Å²) < 4.78 is 1.97. The van der Waals surface area contributed by atoms with Gasteiger partial charge in [-0.2, -0.15) is 5.10 Å². The van der Waals surface area contributed by atoms with E-state index in [1.54, 1.807) is 0 Å². The zero-order valence-electron chi connectivity index (χ0n) is 15.0. The van der Waals surface area contributed by atoms with Crippen LogP contribution in [0.3, 0.4) is 0 Å². The first-order chi connectivity index (χ1) is 13.6. The summed E-state index contributed by atoms with van der Waals surface area (Å²) in [6, 6.07) is 21.7. The highest BCUT2D eigenvalue weighted by Crippen LogP contribution is 2.34. The number of rotatable bonds is 2. The molecule has 0 radical (unpaired) electrons. The Kier molecular flexibility index (Phi) is 4.08. The number of hydrogen-bond acceptors (Lipinski definition) is 2. The molecule has 3 nitrogen and oxygen atoms in total. The molecule has 0 fully saturated rings. The average molecular weight is 404 g/mol. The predicted molar refractivity (Wildman–Crippen MR) is 117 cm³/mol. The van der Waals surface area contributed by atoms with Gasteiger partial charge in [0.2, 0.25) is 0 Å². The molecule has 5 rings (SSSR count). The van der Waals surface area contributed by atoms with Gasteiger partial charge in [0, 0.05) is 32.6 Å². The minimum absolute atomic E-state index is 0.695. The van der Waals surface area contributed by atoms with E-state index in [1.165, 1.54) is 5.56 Å². The van der Waals surface area contributed by atoms with E-state index in [0.29, 0.717) is 10.0 Å². The number of aromatic nitrogens is 3. The molecular weight excluding hydrogens is 389 g/mol. The lowest BCUT2D eigenvalue weighted by atomic mass is 10.1. The molecule has 0 bridgehead atoms. The third-order valence-corrected chi connectivity index (χ3v) is 5.35. The number of pyridine rings is 1. The molecule has 0 unspecified atom stereocenters. The van der Waals surface area contributed by atoms with Crippen molar-refractivity contribution in [2.45, 2.75) is 6.92 Å². The minimum atomic E-state index is 0.695. The minimum Gasteiger partial charge on any atom is -0.255 e. The molecular formula is C23H15Cl2N3. The molecule has 2 aromatic heterocycles. The van der Waals surface area contributed by atoms with Crippen LogP contribution in [0.2, 0.25) is 10.0 Å². The summed E-state index contributed by atoms with van der Waals surface area (Å²) in [5.41, 5.74) is 5.97. The number of hydrogen-bond donors (Lipinski definition) is 0. The Morgan fingerprint density at radius 1 is 0.786 bits per heavy atom. The van der Waals surface area contributed by atoms with Crippen LogP contribution in [0.5, 0.6) is 0 Å². The molecule has 5 aromatic rings. The number of nitrogens with zero attached hydrogens (tertiary/aromatic N) is 3. The highest BCUT2D eigenvalue weighted by Gasteiger charge is 2.17. The predicted octanol–water partition coefficient (Wildman–Crippen LogP) is 6.86. The Morgan fingerprint density at radius 3 is 2.18 bits per heavy atom. The third kappa shape index (κ3) is 2.84. The Morgan fingerprint density at radius 2 is 1.46 bits per heavy atom. The first kappa shape index (κ1) is 17.2. The Bertz CT molecular complexity index is 1320. The Labute approximate surface area is 172 Å². The van der Waals surface area contributed by atoms with Crippen LogP contribution in [-0.2, 0) is 0 Å². The summed E-state index contributed by atoms with van der Waals surface area (Å²) in [7, 11) is 0. The van der Waals surface area contributed by atoms with E-state index in [-0.39, 0.29) is 0 Å². The van der Waals surface area contributed by atoms with Gasteiger partial charge in [-0.25, -0.2) is 4.68 Å². The standard InChI is InChI=1S/C23H15Cl2N3/c1-14-2-11-21-19(12-14)23-20(13-26-21)22(15-3-5-16(24)6-4-15)27-28(23)18-9-7-17(25)8-10-18/h2-13H,1H3. The van der Waals surface area contributed by atoms with Gasteiger partial charge >= 0.3 is 0 Å². The van der Waals surface area contributed by atoms with Gasteiger partial charge < -0.3 is 0 Å². The van der Waals surface area contributed by atoms with E-state index in [1.807, 2.05) is 65.5 Å². The van der Waals surface area contributed by atoms with E-state index in [9.17, 15) is 0 Å². The van der Waals surface area contributed by atoms with Crippen molar-refractivity contribution in [2.75, 3.05) is 0 Å². The second kappa shape index (κ2) is 6.62. The van der Waals surface area contributed by atoms with Crippen LogP contribution in [0.25, 0.3) is 38.8 Å². The first-order valence-corrected chi connectivity index (χ1v) is 9.66. The van der Waals surface area contributed by atoms with Crippen LogP contribution in [0.1, 0.15) is 5.56 Å². The number of fused-ring (bicyclic) bond motifs is 3. The maximum absolute atomic E-state index is 6.10. The van der Waals surface area contributed by atoms with Crippen LogP contribution in [0.4, 0.5) is 0 Å². The van der Waals surface area contributed by atoms with Crippen molar-refractivity contribution >= 4 is 45.0 Å². The van der Waals surface area contributed by atoms with Gasteiger partial charge in [0.25, 0.3) is 0 Å². The van der Waals surface area contributed by atoms with Gasteiger partial charge in [-0.1, -0.05) is 47.0 Å². The molecule has 0 N–H and O–H groups in total. The Hall–Kier alpha value is -2.88. The number of aryl methyl sites for hydroxylation is 1. The van der Waals surface area contributed by atoms with Gasteiger partial charge in [-0.05, 0) is 55.5 Å². The zero-order valence-corrected chi connectivity index (χ0v) is 16.5. The molecule has 0 atom stereocenters. The second-order valence-corrected chi connectivity index (χ2v) is 7.66. The molecule has 0 amide bonds. The van der Waals surface area contributed by atoms with Crippen LogP contribution in [0.15, 0.2) is 72.9 Å². The largest absolute Gasteiger partial charge is 0.255 e. The van der Waals surface area contributed by atoms with Crippen molar-refractivity contribution in [3.8, 4) is 16.9 Å². The van der Waals surface area contributed by atoms with Gasteiger partial charge in [0.1, 0.15) is 5.69 Å². The molecule has 2 heterocycles. The summed E-state index contributed by atoms with van der Waals surface area (Å²) >= 11 is 12.2. The highest BCUT2D eigenvalue weighted by molar-refractivity contribution is 6.31. The summed E-state index contributed by atoms with van der Waals surface area (Å²) in [4.78, 5) is 4.67. The molecule has 0 saturated carbocycles. The summed E-state index contributed by atoms with van der Waals surface area (Å²) in [5, 5.41) is 8.42. The van der Waals surface area contributed by atoms with Gasteiger partial charge in [-0.3, -0.25) is 4.98 Å². The normalized spacial score (nSPS) is 11.4. The fourth-order valence-electron chi connectivity index (χ4n) is 3.49. The molecule has 28 heavy (non-hydrogen) atoms. The molecule has 0 saturated heterocycles. The highest BCUT2D eigenvalue weighted by atomic mass is 35.5. The molecule has 0 aliphatic rings. The van der Waals surface area contributed by atoms with Gasteiger partial charge in [0.15, 0.2) is 0 Å². The molecule has 0 spiro atoms. The lowest BCUT2D eigenvalue weighted by Gasteiger charge is -2.06.